The smallest absolute Gasteiger partial charge is 0.309 e. The van der Waals surface area contributed by atoms with E-state index in [1.807, 2.05) is 0 Å². The molecule has 1 heterocycles. The van der Waals surface area contributed by atoms with E-state index in [2.05, 4.69) is 9.97 Å². The molecule has 0 saturated carbocycles. The molecule has 1 aromatic heterocycles. The zero-order valence-corrected chi connectivity index (χ0v) is 9.30. The number of aliphatic carboxylic acids is 1. The van der Waals surface area contributed by atoms with E-state index >= 15 is 0 Å². The molecule has 0 aliphatic heterocycles. The second kappa shape index (κ2) is 4.48. The minimum atomic E-state index is -0.867. The summed E-state index contributed by atoms with van der Waals surface area (Å²) >= 11 is 1.22. The van der Waals surface area contributed by atoms with Gasteiger partial charge in [0.1, 0.15) is 0 Å². The molecule has 2 N–H and O–H groups in total. The largest absolute Gasteiger partial charge is 0.481 e. The third-order valence-electron chi connectivity index (χ3n) is 1.80. The molecule has 0 atom stereocenters. The second-order valence-electron chi connectivity index (χ2n) is 3.72. The van der Waals surface area contributed by atoms with Crippen molar-refractivity contribution in [3.05, 3.63) is 22.6 Å². The van der Waals surface area contributed by atoms with Crippen LogP contribution in [0.5, 0.6) is 0 Å². The van der Waals surface area contributed by atoms with E-state index < -0.39 is 11.4 Å². The highest BCUT2D eigenvalue weighted by molar-refractivity contribution is 7.99. The van der Waals surface area contributed by atoms with Gasteiger partial charge in [-0.25, -0.2) is 4.98 Å². The number of nitrogens with zero attached hydrogens (tertiary/aromatic N) is 1. The number of carboxylic acids is 1. The molecular formula is C9H12N2O3S. The Labute approximate surface area is 90.9 Å². The molecule has 82 valence electrons. The van der Waals surface area contributed by atoms with Crippen LogP contribution in [0, 0.1) is 5.41 Å². The molecule has 0 amide bonds. The molecule has 0 fully saturated rings. The van der Waals surface area contributed by atoms with Gasteiger partial charge < -0.3 is 10.1 Å². The predicted molar refractivity (Wildman–Crippen MR) is 57.0 cm³/mol. The van der Waals surface area contributed by atoms with Gasteiger partial charge in [0.15, 0.2) is 5.16 Å². The quantitative estimate of drug-likeness (QED) is 0.592. The van der Waals surface area contributed by atoms with E-state index in [0.717, 1.165) is 0 Å². The summed E-state index contributed by atoms with van der Waals surface area (Å²) in [6.07, 6.45) is 1.40. The lowest BCUT2D eigenvalue weighted by atomic mass is 9.97. The molecule has 0 spiro atoms. The summed E-state index contributed by atoms with van der Waals surface area (Å²) in [7, 11) is 0. The van der Waals surface area contributed by atoms with Crippen molar-refractivity contribution in [3.63, 3.8) is 0 Å². The third kappa shape index (κ3) is 3.39. The van der Waals surface area contributed by atoms with Gasteiger partial charge in [0.25, 0.3) is 5.56 Å². The van der Waals surface area contributed by atoms with Crippen molar-refractivity contribution in [3.8, 4) is 0 Å². The van der Waals surface area contributed by atoms with Crippen molar-refractivity contribution in [2.45, 2.75) is 19.0 Å². The first-order valence-corrected chi connectivity index (χ1v) is 5.32. The number of H-pyrrole nitrogens is 1. The number of hydrogen-bond donors (Lipinski definition) is 2. The fraction of sp³-hybridized carbons (Fsp3) is 0.444. The van der Waals surface area contributed by atoms with Gasteiger partial charge in [-0.2, -0.15) is 0 Å². The van der Waals surface area contributed by atoms with Crippen molar-refractivity contribution in [2.24, 2.45) is 5.41 Å². The van der Waals surface area contributed by atoms with Crippen LogP contribution in [0.1, 0.15) is 13.8 Å². The van der Waals surface area contributed by atoms with Crippen molar-refractivity contribution >= 4 is 17.7 Å². The van der Waals surface area contributed by atoms with Crippen molar-refractivity contribution < 1.29 is 9.90 Å². The Morgan fingerprint density at radius 1 is 1.67 bits per heavy atom. The standard InChI is InChI=1S/C9H12N2O3S/c1-9(2,7(13)14)5-15-8-10-4-3-6(12)11-8/h3-4H,5H2,1-2H3,(H,13,14)(H,10,11,12). The second-order valence-corrected chi connectivity index (χ2v) is 4.68. The van der Waals surface area contributed by atoms with Gasteiger partial charge in [-0.15, -0.1) is 0 Å². The average molecular weight is 228 g/mol. The van der Waals surface area contributed by atoms with E-state index in [-0.39, 0.29) is 5.56 Å². The summed E-state index contributed by atoms with van der Waals surface area (Å²) in [6, 6.07) is 1.31. The van der Waals surface area contributed by atoms with Crippen LogP contribution in [0.15, 0.2) is 22.2 Å². The molecule has 0 radical (unpaired) electrons. The number of thioether (sulfide) groups is 1. The zero-order chi connectivity index (χ0) is 11.5. The molecule has 5 nitrogen and oxygen atoms in total. The van der Waals surface area contributed by atoms with Crippen LogP contribution in [0.4, 0.5) is 0 Å². The molecule has 0 aromatic carbocycles. The molecule has 15 heavy (non-hydrogen) atoms. The fourth-order valence-corrected chi connectivity index (χ4v) is 1.67. The maximum absolute atomic E-state index is 10.9. The first-order valence-electron chi connectivity index (χ1n) is 4.33. The summed E-state index contributed by atoms with van der Waals surface area (Å²) in [5.74, 6) is -0.511. The van der Waals surface area contributed by atoms with Gasteiger partial charge in [-0.05, 0) is 13.8 Å². The lowest BCUT2D eigenvalue weighted by molar-refractivity contribution is -0.145. The number of aromatic amines is 1. The number of nitrogens with one attached hydrogen (secondary N) is 1. The van der Waals surface area contributed by atoms with Crippen LogP contribution in [0.2, 0.25) is 0 Å². The molecule has 0 unspecified atom stereocenters. The number of aromatic nitrogens is 2. The van der Waals surface area contributed by atoms with Gasteiger partial charge in [0.05, 0.1) is 5.41 Å². The molecule has 0 aliphatic rings. The normalized spacial score (nSPS) is 11.3. The van der Waals surface area contributed by atoms with Crippen LogP contribution in [-0.2, 0) is 4.79 Å². The monoisotopic (exact) mass is 228 g/mol. The minimum Gasteiger partial charge on any atom is -0.481 e. The SMILES string of the molecule is CC(C)(CSc1nccc(=O)[nH]1)C(=O)O. The van der Waals surface area contributed by atoms with Crippen LogP contribution < -0.4 is 5.56 Å². The van der Waals surface area contributed by atoms with E-state index in [9.17, 15) is 9.59 Å². The highest BCUT2D eigenvalue weighted by Crippen LogP contribution is 2.24. The summed E-state index contributed by atoms with van der Waals surface area (Å²) in [6.45, 7) is 3.26. The molecule has 1 aromatic rings. The highest BCUT2D eigenvalue weighted by Gasteiger charge is 2.27. The van der Waals surface area contributed by atoms with Crippen LogP contribution in [0.3, 0.4) is 0 Å². The van der Waals surface area contributed by atoms with Crippen LogP contribution in [0.25, 0.3) is 0 Å². The summed E-state index contributed by atoms with van der Waals surface area (Å²) in [4.78, 5) is 28.2. The van der Waals surface area contributed by atoms with Crippen molar-refractivity contribution in [1.82, 2.24) is 9.97 Å². The Kier molecular flexibility index (Phi) is 3.52. The Hall–Kier alpha value is -1.30. The summed E-state index contributed by atoms with van der Waals surface area (Å²) < 4.78 is 0. The number of carbonyl (C=O) groups is 1. The lowest BCUT2D eigenvalue weighted by Gasteiger charge is -2.17. The van der Waals surface area contributed by atoms with Gasteiger partial charge in [0, 0.05) is 18.0 Å². The fourth-order valence-electron chi connectivity index (χ4n) is 0.736. The molecule has 0 aliphatic carbocycles. The minimum absolute atomic E-state index is 0.236. The molecule has 6 heteroatoms. The first-order chi connectivity index (χ1) is 6.92. The van der Waals surface area contributed by atoms with Crippen molar-refractivity contribution in [2.75, 3.05) is 5.75 Å². The zero-order valence-electron chi connectivity index (χ0n) is 8.48. The maximum Gasteiger partial charge on any atom is 0.309 e. The van der Waals surface area contributed by atoms with E-state index in [1.54, 1.807) is 13.8 Å². The molecular weight excluding hydrogens is 216 g/mol. The topological polar surface area (TPSA) is 83.0 Å². The maximum atomic E-state index is 10.9. The Morgan fingerprint density at radius 3 is 2.87 bits per heavy atom. The number of hydrogen-bond acceptors (Lipinski definition) is 4. The van der Waals surface area contributed by atoms with Gasteiger partial charge >= 0.3 is 5.97 Å². The van der Waals surface area contributed by atoms with Crippen molar-refractivity contribution in [1.29, 1.82) is 0 Å². The van der Waals surface area contributed by atoms with E-state index in [4.69, 9.17) is 5.11 Å². The third-order valence-corrected chi connectivity index (χ3v) is 3.14. The van der Waals surface area contributed by atoms with E-state index in [1.165, 1.54) is 24.0 Å². The van der Waals surface area contributed by atoms with Gasteiger partial charge in [0.2, 0.25) is 0 Å². The van der Waals surface area contributed by atoms with Crippen LogP contribution in [-0.4, -0.2) is 26.8 Å². The average Bonchev–Trinajstić information content (AvgIpc) is 2.15. The van der Waals surface area contributed by atoms with Gasteiger partial charge in [-0.1, -0.05) is 11.8 Å². The number of rotatable bonds is 4. The first kappa shape index (κ1) is 11.8. The predicted octanol–water partition coefficient (Wildman–Crippen LogP) is 0.973. The van der Waals surface area contributed by atoms with E-state index in [0.29, 0.717) is 10.9 Å². The molecule has 0 bridgehead atoms. The van der Waals surface area contributed by atoms with Crippen LogP contribution >= 0.6 is 11.8 Å². The summed E-state index contributed by atoms with van der Waals surface area (Å²) in [5, 5.41) is 9.31. The number of carboxylic acid groups (broad SMARTS) is 1. The Bertz CT molecular complexity index is 414. The Morgan fingerprint density at radius 2 is 2.33 bits per heavy atom. The van der Waals surface area contributed by atoms with Gasteiger partial charge in [-0.3, -0.25) is 9.59 Å². The lowest BCUT2D eigenvalue weighted by Crippen LogP contribution is -2.26. The Balaban J connectivity index is 2.65. The molecule has 1 rings (SSSR count). The summed E-state index contributed by atoms with van der Waals surface area (Å²) in [5.41, 5.74) is -1.07. The molecule has 0 saturated heterocycles. The highest BCUT2D eigenvalue weighted by atomic mass is 32.2.